The van der Waals surface area contributed by atoms with E-state index in [1.54, 1.807) is 0 Å². The smallest absolute Gasteiger partial charge is 0.183 e. The molecular weight excluding hydrogens is 85.0 g/mol. The molecule has 0 aromatic heterocycles. The van der Waals surface area contributed by atoms with Gasteiger partial charge in [-0.3, -0.25) is 4.79 Å². The van der Waals surface area contributed by atoms with Gasteiger partial charge in [0.2, 0.25) is 0 Å². The maximum absolute atomic E-state index is 9.68. The average molecular weight is 91.1 g/mol. The first-order valence-corrected chi connectivity index (χ1v) is 1.54. The molecule has 3 heteroatoms. The van der Waals surface area contributed by atoms with Crippen molar-refractivity contribution in [3.63, 3.8) is 0 Å². The zero-order valence-electron chi connectivity index (χ0n) is 3.22. The van der Waals surface area contributed by atoms with Crippen LogP contribution in [0.1, 0.15) is 0 Å². The van der Waals surface area contributed by atoms with Crippen molar-refractivity contribution in [1.29, 1.82) is 0 Å². The zero-order valence-corrected chi connectivity index (χ0v) is 3.22. The summed E-state index contributed by atoms with van der Waals surface area (Å²) in [6, 6.07) is 0. The number of hydrogen-bond acceptors (Lipinski definition) is 3. The van der Waals surface area contributed by atoms with Crippen LogP contribution in [-0.4, -0.2) is 29.2 Å². The van der Waals surface area contributed by atoms with E-state index in [9.17, 15) is 4.79 Å². The van der Waals surface area contributed by atoms with E-state index in [1.165, 1.54) is 0 Å². The molecule has 0 aromatic carbocycles. The molecule has 0 spiro atoms. The molecule has 0 aliphatic heterocycles. The van der Waals surface area contributed by atoms with Crippen molar-refractivity contribution in [2.75, 3.05) is 13.2 Å². The van der Waals surface area contributed by atoms with E-state index in [2.05, 4.69) is 0 Å². The van der Waals surface area contributed by atoms with Crippen LogP contribution >= 0.6 is 0 Å². The van der Waals surface area contributed by atoms with Crippen molar-refractivity contribution < 1.29 is 15.0 Å². The van der Waals surface area contributed by atoms with Crippen LogP contribution in [0.5, 0.6) is 0 Å². The van der Waals surface area contributed by atoms with Crippen molar-refractivity contribution in [3.05, 3.63) is 0 Å². The molecule has 0 bridgehead atoms. The van der Waals surface area contributed by atoms with Crippen LogP contribution in [0.25, 0.3) is 0 Å². The summed E-state index contributed by atoms with van der Waals surface area (Å²) in [4.78, 5) is 9.68. The molecule has 0 saturated carbocycles. The minimum atomic E-state index is -0.559. The fourth-order valence-corrected chi connectivity index (χ4v) is 0.0500. The van der Waals surface area contributed by atoms with Crippen LogP contribution in [0, 0.1) is 0 Å². The predicted octanol–water partition coefficient (Wildman–Crippen LogP) is -1.46. The molecule has 0 fully saturated rings. The molecule has 0 aliphatic carbocycles. The number of aliphatic hydroxyl groups is 2. The monoisotopic (exact) mass is 91.0 g/mol. The Labute approximate surface area is 35.2 Å². The van der Waals surface area contributed by atoms with E-state index in [-0.39, 0.29) is 0 Å². The van der Waals surface area contributed by atoms with Crippen LogP contribution in [0.2, 0.25) is 0 Å². The van der Waals surface area contributed by atoms with Gasteiger partial charge in [-0.05, 0) is 0 Å². The lowest BCUT2D eigenvalue weighted by atomic mass is 10.8. The molecule has 3 nitrogen and oxygen atoms in total. The summed E-state index contributed by atoms with van der Waals surface area (Å²) in [5.41, 5.74) is 0. The average Bonchev–Trinajstić information content (AvgIpc) is 1.65. The minimum absolute atomic E-state index is 0.546. The Balaban J connectivity index is 2.99. The van der Waals surface area contributed by atoms with Crippen molar-refractivity contribution in [2.45, 2.75) is 0 Å². The van der Waals surface area contributed by atoms with Crippen molar-refractivity contribution in [3.8, 4) is 0 Å². The summed E-state index contributed by atoms with van der Waals surface area (Å²) < 4.78 is 0. The van der Waals surface area contributed by atoms with Gasteiger partial charge in [0.15, 0.2) is 5.78 Å². The number of hydrogen-bond donors (Lipinski definition) is 2. The number of carbonyl (C=O) groups is 1. The summed E-state index contributed by atoms with van der Waals surface area (Å²) in [6.07, 6.45) is 0. The highest BCUT2D eigenvalue weighted by Crippen LogP contribution is 1.59. The minimum Gasteiger partial charge on any atom is -0.388 e. The van der Waals surface area contributed by atoms with Gasteiger partial charge in [-0.2, -0.15) is 0 Å². The van der Waals surface area contributed by atoms with Gasteiger partial charge in [0.05, 0.1) is 0 Å². The Morgan fingerprint density at radius 1 is 1.33 bits per heavy atom. The first kappa shape index (κ1) is 5.59. The van der Waals surface area contributed by atoms with Gasteiger partial charge in [0.1, 0.15) is 13.2 Å². The van der Waals surface area contributed by atoms with Gasteiger partial charge < -0.3 is 10.2 Å². The van der Waals surface area contributed by atoms with Crippen molar-refractivity contribution in [1.82, 2.24) is 0 Å². The van der Waals surface area contributed by atoms with E-state index in [0.717, 1.165) is 0 Å². The van der Waals surface area contributed by atoms with E-state index in [4.69, 9.17) is 10.2 Å². The fourth-order valence-electron chi connectivity index (χ4n) is 0.0500. The third kappa shape index (κ3) is 1.87. The first-order valence-electron chi connectivity index (χ1n) is 1.54. The lowest BCUT2D eigenvalue weighted by Gasteiger charge is -1.81. The molecule has 0 amide bonds. The Morgan fingerprint density at radius 3 is 1.67 bits per heavy atom. The highest BCUT2D eigenvalue weighted by molar-refractivity contribution is 5.80. The third-order valence-corrected chi connectivity index (χ3v) is 0.353. The lowest BCUT2D eigenvalue weighted by Crippen LogP contribution is -2.07. The summed E-state index contributed by atoms with van der Waals surface area (Å²) in [5.74, 6) is -0.546. The highest BCUT2D eigenvalue weighted by Gasteiger charge is 1.89. The van der Waals surface area contributed by atoms with Gasteiger partial charge >= 0.3 is 0 Å². The second-order valence-electron chi connectivity index (χ2n) is 0.855. The molecule has 0 aliphatic rings. The number of carbonyl (C=O) groups excluding carboxylic acids is 1. The number of rotatable bonds is 2. The van der Waals surface area contributed by atoms with Gasteiger partial charge in [0.25, 0.3) is 0 Å². The zero-order chi connectivity index (χ0) is 4.99. The third-order valence-electron chi connectivity index (χ3n) is 0.353. The number of aliphatic hydroxyl groups excluding tert-OH is 2. The van der Waals surface area contributed by atoms with Gasteiger partial charge in [-0.25, -0.2) is 0 Å². The van der Waals surface area contributed by atoms with E-state index in [0.29, 0.717) is 0 Å². The molecule has 0 atom stereocenters. The normalized spacial score (nSPS) is 8.33. The second kappa shape index (κ2) is 2.81. The van der Waals surface area contributed by atoms with Crippen LogP contribution in [0.3, 0.4) is 0 Å². The van der Waals surface area contributed by atoms with Gasteiger partial charge in [-0.15, -0.1) is 0 Å². The quantitative estimate of drug-likeness (QED) is 0.408. The molecule has 0 saturated heterocycles. The SMILES string of the molecule is O=[13C](CO)CO. The van der Waals surface area contributed by atoms with Crippen LogP contribution < -0.4 is 0 Å². The van der Waals surface area contributed by atoms with Crippen LogP contribution in [0.15, 0.2) is 0 Å². The Morgan fingerprint density at radius 2 is 1.67 bits per heavy atom. The molecule has 0 unspecified atom stereocenters. The topological polar surface area (TPSA) is 57.5 Å². The fraction of sp³-hybridized carbons (Fsp3) is 0.667. The van der Waals surface area contributed by atoms with E-state index in [1.807, 2.05) is 0 Å². The summed E-state index contributed by atoms with van der Waals surface area (Å²) >= 11 is 0. The molecule has 0 aromatic rings. The predicted molar refractivity (Wildman–Crippen MR) is 19.2 cm³/mol. The summed E-state index contributed by atoms with van der Waals surface area (Å²) in [5, 5.41) is 15.7. The maximum atomic E-state index is 9.68. The Kier molecular flexibility index (Phi) is 2.62. The first-order chi connectivity index (χ1) is 2.81. The molecule has 0 radical (unpaired) electrons. The molecule has 6 heavy (non-hydrogen) atoms. The second-order valence-corrected chi connectivity index (χ2v) is 0.855. The Hall–Kier alpha value is -0.410. The van der Waals surface area contributed by atoms with E-state index >= 15 is 0 Å². The van der Waals surface area contributed by atoms with Crippen LogP contribution in [0.4, 0.5) is 0 Å². The van der Waals surface area contributed by atoms with Crippen molar-refractivity contribution >= 4 is 5.78 Å². The summed E-state index contributed by atoms with van der Waals surface area (Å²) in [7, 11) is 0. The van der Waals surface area contributed by atoms with Crippen LogP contribution in [-0.2, 0) is 4.79 Å². The van der Waals surface area contributed by atoms with E-state index < -0.39 is 19.0 Å². The Bertz CT molecular complexity index is 44.0. The lowest BCUT2D eigenvalue weighted by molar-refractivity contribution is -0.124. The molecule has 0 rings (SSSR count). The standard InChI is InChI=1S/C3H6O3/c4-1-3(6)2-5/h4-5H,1-2H2/i3+1. The maximum Gasteiger partial charge on any atom is 0.183 e. The number of ketones is 1. The molecular formula is C3H6O3. The van der Waals surface area contributed by atoms with Gasteiger partial charge in [-0.1, -0.05) is 0 Å². The summed E-state index contributed by atoms with van der Waals surface area (Å²) in [6.45, 7) is -1.12. The number of Topliss-reactive ketones (excluding diaryl/α,β-unsaturated/α-hetero) is 1. The highest BCUT2D eigenvalue weighted by atomic mass is 16.3. The van der Waals surface area contributed by atoms with Gasteiger partial charge in [0, 0.05) is 0 Å². The molecule has 36 valence electrons. The molecule has 2 N–H and O–H groups in total. The van der Waals surface area contributed by atoms with Crippen molar-refractivity contribution in [2.24, 2.45) is 0 Å². The molecule has 0 heterocycles. The largest absolute Gasteiger partial charge is 0.388 e.